The molecular formula is C17H22N2O5. The predicted molar refractivity (Wildman–Crippen MR) is 84.9 cm³/mol. The van der Waals surface area contributed by atoms with Gasteiger partial charge in [0.25, 0.3) is 0 Å². The molecule has 1 aromatic carbocycles. The molecule has 1 N–H and O–H groups in total. The molecule has 24 heavy (non-hydrogen) atoms. The molecule has 2 aliphatic heterocycles. The Labute approximate surface area is 140 Å². The zero-order valence-electron chi connectivity index (χ0n) is 13.6. The molecule has 0 bridgehead atoms. The van der Waals surface area contributed by atoms with Crippen LogP contribution in [0.25, 0.3) is 0 Å². The lowest BCUT2D eigenvalue weighted by atomic mass is 10.1. The number of piperazine rings is 1. The van der Waals surface area contributed by atoms with E-state index in [-0.39, 0.29) is 31.7 Å². The van der Waals surface area contributed by atoms with E-state index in [1.54, 1.807) is 11.8 Å². The summed E-state index contributed by atoms with van der Waals surface area (Å²) in [4.78, 5) is 28.0. The van der Waals surface area contributed by atoms with E-state index in [0.717, 1.165) is 5.56 Å². The van der Waals surface area contributed by atoms with Gasteiger partial charge in [-0.15, -0.1) is 0 Å². The first-order valence-electron chi connectivity index (χ1n) is 8.13. The average molecular weight is 334 g/mol. The van der Waals surface area contributed by atoms with Gasteiger partial charge in [0, 0.05) is 6.61 Å². The number of amides is 2. The zero-order chi connectivity index (χ0) is 17.1. The lowest BCUT2D eigenvalue weighted by Gasteiger charge is -2.41. The Morgan fingerprint density at radius 1 is 1.38 bits per heavy atom. The first-order valence-corrected chi connectivity index (χ1v) is 8.13. The van der Waals surface area contributed by atoms with Gasteiger partial charge in [0.2, 0.25) is 5.91 Å². The van der Waals surface area contributed by atoms with Crippen LogP contribution in [-0.4, -0.2) is 65.0 Å². The van der Waals surface area contributed by atoms with Crippen molar-refractivity contribution in [2.75, 3.05) is 19.8 Å². The Kier molecular flexibility index (Phi) is 5.01. The molecule has 0 spiro atoms. The van der Waals surface area contributed by atoms with E-state index in [1.807, 2.05) is 30.3 Å². The largest absolute Gasteiger partial charge is 0.445 e. The van der Waals surface area contributed by atoms with Crippen molar-refractivity contribution in [3.8, 4) is 0 Å². The fraction of sp³-hybridized carbons (Fsp3) is 0.529. The highest BCUT2D eigenvalue weighted by molar-refractivity contribution is 5.87. The van der Waals surface area contributed by atoms with Crippen molar-refractivity contribution >= 4 is 12.0 Å². The number of fused-ring (bicyclic) bond motifs is 1. The monoisotopic (exact) mass is 334 g/mol. The quantitative estimate of drug-likeness (QED) is 0.887. The summed E-state index contributed by atoms with van der Waals surface area (Å²) in [6, 6.07) is 8.66. The molecule has 0 aromatic heterocycles. The van der Waals surface area contributed by atoms with Crippen LogP contribution in [0.15, 0.2) is 30.3 Å². The topological polar surface area (TPSA) is 79.3 Å². The Hall–Kier alpha value is -2.12. The number of hydrogen-bond donors (Lipinski definition) is 1. The molecular weight excluding hydrogens is 312 g/mol. The number of ether oxygens (including phenoxy) is 2. The average Bonchev–Trinajstić information content (AvgIpc) is 3.00. The van der Waals surface area contributed by atoms with Crippen LogP contribution in [-0.2, 0) is 20.9 Å². The molecule has 0 radical (unpaired) electrons. The lowest BCUT2D eigenvalue weighted by molar-refractivity contribution is -0.152. The Bertz CT molecular complexity index is 594. The molecule has 2 saturated heterocycles. The van der Waals surface area contributed by atoms with Gasteiger partial charge in [-0.25, -0.2) is 4.79 Å². The van der Waals surface area contributed by atoms with Gasteiger partial charge in [-0.05, 0) is 18.9 Å². The third kappa shape index (κ3) is 3.22. The summed E-state index contributed by atoms with van der Waals surface area (Å²) in [5, 5.41) is 9.11. The molecule has 3 rings (SSSR count). The summed E-state index contributed by atoms with van der Waals surface area (Å²) in [5.41, 5.74) is 0.892. The zero-order valence-corrected chi connectivity index (χ0v) is 13.6. The van der Waals surface area contributed by atoms with Crippen molar-refractivity contribution in [2.45, 2.75) is 38.3 Å². The van der Waals surface area contributed by atoms with Crippen molar-refractivity contribution in [3.05, 3.63) is 35.9 Å². The van der Waals surface area contributed by atoms with E-state index in [1.165, 1.54) is 4.90 Å². The molecule has 2 aliphatic rings. The molecule has 2 fully saturated rings. The Balaban J connectivity index is 1.63. The van der Waals surface area contributed by atoms with Crippen LogP contribution in [0.1, 0.15) is 18.9 Å². The fourth-order valence-corrected chi connectivity index (χ4v) is 3.16. The van der Waals surface area contributed by atoms with Gasteiger partial charge in [0.1, 0.15) is 12.6 Å². The number of aliphatic hydroxyl groups excluding tert-OH is 1. The van der Waals surface area contributed by atoms with Gasteiger partial charge in [-0.2, -0.15) is 0 Å². The van der Waals surface area contributed by atoms with Crippen molar-refractivity contribution < 1.29 is 24.2 Å². The summed E-state index contributed by atoms with van der Waals surface area (Å²) in [6.07, 6.45) is -0.504. The van der Waals surface area contributed by atoms with Gasteiger partial charge in [0.05, 0.1) is 19.2 Å². The number of hydrogen-bond acceptors (Lipinski definition) is 5. The second-order valence-electron chi connectivity index (χ2n) is 6.07. The standard InChI is InChI=1S/C17H22N2O5/c1-12-16(21)19-14(7-8-20)11-23-15(19)9-18(12)17(22)24-10-13-5-3-2-4-6-13/h2-6,12,14-15,20H,7-11H2,1H3. The van der Waals surface area contributed by atoms with Crippen LogP contribution in [0.3, 0.4) is 0 Å². The van der Waals surface area contributed by atoms with E-state index in [9.17, 15) is 9.59 Å². The van der Waals surface area contributed by atoms with Gasteiger partial charge in [-0.1, -0.05) is 30.3 Å². The minimum atomic E-state index is -0.604. The first-order chi connectivity index (χ1) is 11.6. The number of carbonyl (C=O) groups is 2. The lowest BCUT2D eigenvalue weighted by Crippen LogP contribution is -2.62. The highest BCUT2D eigenvalue weighted by atomic mass is 16.6. The van der Waals surface area contributed by atoms with Crippen molar-refractivity contribution in [2.24, 2.45) is 0 Å². The van der Waals surface area contributed by atoms with Crippen molar-refractivity contribution in [3.63, 3.8) is 0 Å². The summed E-state index contributed by atoms with van der Waals surface area (Å²) < 4.78 is 11.0. The number of nitrogens with zero attached hydrogens (tertiary/aromatic N) is 2. The van der Waals surface area contributed by atoms with Crippen LogP contribution in [0.5, 0.6) is 0 Å². The Morgan fingerprint density at radius 2 is 2.12 bits per heavy atom. The smallest absolute Gasteiger partial charge is 0.410 e. The summed E-state index contributed by atoms with van der Waals surface area (Å²) >= 11 is 0. The number of aliphatic hydroxyl groups is 1. The van der Waals surface area contributed by atoms with Crippen LogP contribution in [0.2, 0.25) is 0 Å². The molecule has 0 aliphatic carbocycles. The van der Waals surface area contributed by atoms with Crippen LogP contribution in [0, 0.1) is 0 Å². The van der Waals surface area contributed by atoms with E-state index < -0.39 is 18.4 Å². The maximum Gasteiger partial charge on any atom is 0.410 e. The third-order valence-electron chi connectivity index (χ3n) is 4.52. The normalized spacial score (nSPS) is 26.4. The van der Waals surface area contributed by atoms with Crippen LogP contribution < -0.4 is 0 Å². The molecule has 2 amide bonds. The highest BCUT2D eigenvalue weighted by Gasteiger charge is 2.47. The van der Waals surface area contributed by atoms with Gasteiger partial charge in [0.15, 0.2) is 6.23 Å². The first kappa shape index (κ1) is 16.7. The number of carbonyl (C=O) groups excluding carboxylic acids is 2. The summed E-state index contributed by atoms with van der Waals surface area (Å²) in [5.74, 6) is -0.168. The summed E-state index contributed by atoms with van der Waals surface area (Å²) in [7, 11) is 0. The maximum atomic E-state index is 12.6. The number of rotatable bonds is 4. The summed E-state index contributed by atoms with van der Waals surface area (Å²) in [6.45, 7) is 2.52. The molecule has 130 valence electrons. The van der Waals surface area contributed by atoms with Crippen molar-refractivity contribution in [1.29, 1.82) is 0 Å². The molecule has 3 atom stereocenters. The van der Waals surface area contributed by atoms with Gasteiger partial charge < -0.3 is 19.5 Å². The third-order valence-corrected chi connectivity index (χ3v) is 4.52. The second-order valence-corrected chi connectivity index (χ2v) is 6.07. The molecule has 3 unspecified atom stereocenters. The van der Waals surface area contributed by atoms with Crippen molar-refractivity contribution in [1.82, 2.24) is 9.80 Å². The predicted octanol–water partition coefficient (Wildman–Crippen LogP) is 0.963. The molecule has 7 nitrogen and oxygen atoms in total. The van der Waals surface area contributed by atoms with E-state index in [2.05, 4.69) is 0 Å². The number of benzene rings is 1. The van der Waals surface area contributed by atoms with Gasteiger partial charge in [-0.3, -0.25) is 9.69 Å². The fourth-order valence-electron chi connectivity index (χ4n) is 3.16. The second kappa shape index (κ2) is 7.19. The SMILES string of the molecule is CC1C(=O)N2C(CCO)COC2CN1C(=O)OCc1ccccc1. The minimum absolute atomic E-state index is 0.00173. The molecule has 7 heteroatoms. The maximum absolute atomic E-state index is 12.6. The molecule has 0 saturated carbocycles. The van der Waals surface area contributed by atoms with E-state index >= 15 is 0 Å². The van der Waals surface area contributed by atoms with Crippen LogP contribution >= 0.6 is 0 Å². The van der Waals surface area contributed by atoms with E-state index in [0.29, 0.717) is 13.0 Å². The molecule has 2 heterocycles. The molecule has 1 aromatic rings. The minimum Gasteiger partial charge on any atom is -0.445 e. The van der Waals surface area contributed by atoms with Crippen LogP contribution in [0.4, 0.5) is 4.79 Å². The highest BCUT2D eigenvalue weighted by Crippen LogP contribution is 2.27. The Morgan fingerprint density at radius 3 is 2.83 bits per heavy atom. The van der Waals surface area contributed by atoms with Gasteiger partial charge >= 0.3 is 6.09 Å². The van der Waals surface area contributed by atoms with E-state index in [4.69, 9.17) is 14.6 Å².